The third-order valence-corrected chi connectivity index (χ3v) is 5.26. The van der Waals surface area contributed by atoms with Gasteiger partial charge >= 0.3 is 5.97 Å². The van der Waals surface area contributed by atoms with Gasteiger partial charge in [0.1, 0.15) is 24.5 Å². The van der Waals surface area contributed by atoms with Gasteiger partial charge in [-0.1, -0.05) is 36.4 Å². The van der Waals surface area contributed by atoms with Gasteiger partial charge < -0.3 is 30.9 Å². The van der Waals surface area contributed by atoms with Crippen molar-refractivity contribution in [2.45, 2.75) is 25.6 Å². The molecule has 0 aromatic heterocycles. The van der Waals surface area contributed by atoms with Crippen LogP contribution in [0.4, 0.5) is 5.69 Å². The molecule has 0 aliphatic carbocycles. The molecule has 9 nitrogen and oxygen atoms in total. The summed E-state index contributed by atoms with van der Waals surface area (Å²) in [5.41, 5.74) is 8.17. The van der Waals surface area contributed by atoms with E-state index in [4.69, 9.17) is 20.6 Å². The number of aliphatic carboxylic acids is 1. The number of hydrogen-bond donors (Lipinski definition) is 5. The van der Waals surface area contributed by atoms with Crippen molar-refractivity contribution in [3.05, 3.63) is 89.5 Å². The van der Waals surface area contributed by atoms with Crippen LogP contribution in [0.5, 0.6) is 11.5 Å². The van der Waals surface area contributed by atoms with Crippen molar-refractivity contribution in [2.24, 2.45) is 5.73 Å². The van der Waals surface area contributed by atoms with E-state index < -0.39 is 24.0 Å². The molecule has 0 fully saturated rings. The molecule has 0 saturated carbocycles. The number of benzene rings is 3. The minimum atomic E-state index is -1.15. The Morgan fingerprint density at radius 2 is 1.71 bits per heavy atom. The zero-order valence-electron chi connectivity index (χ0n) is 19.4. The second-order valence-corrected chi connectivity index (χ2v) is 7.82. The Morgan fingerprint density at radius 1 is 1.03 bits per heavy atom. The van der Waals surface area contributed by atoms with Crippen LogP contribution in [0.1, 0.15) is 29.7 Å². The lowest BCUT2D eigenvalue weighted by Gasteiger charge is -2.22. The maximum absolute atomic E-state index is 13.1. The van der Waals surface area contributed by atoms with Crippen LogP contribution in [-0.4, -0.2) is 36.0 Å². The zero-order valence-corrected chi connectivity index (χ0v) is 19.4. The number of nitrogens with two attached hydrogens (primary N) is 1. The zero-order chi connectivity index (χ0) is 25.4. The summed E-state index contributed by atoms with van der Waals surface area (Å²) >= 11 is 0. The number of amides is 1. The van der Waals surface area contributed by atoms with Gasteiger partial charge in [0.2, 0.25) is 5.91 Å². The normalized spacial score (nSPS) is 12.2. The van der Waals surface area contributed by atoms with Gasteiger partial charge in [-0.25, -0.2) is 0 Å². The Morgan fingerprint density at radius 3 is 2.31 bits per heavy atom. The minimum absolute atomic E-state index is 0.0723. The summed E-state index contributed by atoms with van der Waals surface area (Å²) in [4.78, 5) is 24.4. The Kier molecular flexibility index (Phi) is 8.29. The van der Waals surface area contributed by atoms with Gasteiger partial charge in [-0.3, -0.25) is 15.0 Å². The van der Waals surface area contributed by atoms with Crippen molar-refractivity contribution >= 4 is 23.4 Å². The first-order valence-electron chi connectivity index (χ1n) is 10.9. The number of carbonyl (C=O) groups is 2. The number of carbonyl (C=O) groups excluding carboxylic acids is 1. The van der Waals surface area contributed by atoms with Crippen LogP contribution < -0.4 is 25.8 Å². The third kappa shape index (κ3) is 6.73. The van der Waals surface area contributed by atoms with Gasteiger partial charge in [0, 0.05) is 11.3 Å². The molecule has 9 heteroatoms. The maximum Gasteiger partial charge on any atom is 0.325 e. The summed E-state index contributed by atoms with van der Waals surface area (Å²) in [7, 11) is 1.50. The molecule has 182 valence electrons. The summed E-state index contributed by atoms with van der Waals surface area (Å²) in [6, 6.07) is 19.4. The van der Waals surface area contributed by atoms with Crippen LogP contribution in [0.2, 0.25) is 0 Å². The monoisotopic (exact) mass is 476 g/mol. The molecule has 0 spiro atoms. The van der Waals surface area contributed by atoms with Crippen LogP contribution in [0.15, 0.2) is 72.8 Å². The number of rotatable bonds is 11. The van der Waals surface area contributed by atoms with Crippen LogP contribution in [0, 0.1) is 5.41 Å². The highest BCUT2D eigenvalue weighted by Gasteiger charge is 2.25. The summed E-state index contributed by atoms with van der Waals surface area (Å²) in [6.45, 7) is 1.73. The average Bonchev–Trinajstić information content (AvgIpc) is 2.86. The SMILES string of the molecule is COc1cc([C@H](Nc2ccc(C(=N)N)cc2)C(=O)N[C@@H](C)C(=O)O)ccc1OCc1ccccc1. The third-order valence-electron chi connectivity index (χ3n) is 5.26. The highest BCUT2D eigenvalue weighted by atomic mass is 16.5. The lowest BCUT2D eigenvalue weighted by Crippen LogP contribution is -2.42. The van der Waals surface area contributed by atoms with E-state index in [9.17, 15) is 14.7 Å². The Hall–Kier alpha value is -4.53. The van der Waals surface area contributed by atoms with Gasteiger partial charge in [0.25, 0.3) is 0 Å². The van der Waals surface area contributed by atoms with Gasteiger partial charge in [-0.2, -0.15) is 0 Å². The summed E-state index contributed by atoms with van der Waals surface area (Å²) in [5.74, 6) is -0.821. The van der Waals surface area contributed by atoms with Crippen LogP contribution in [-0.2, 0) is 16.2 Å². The number of amidine groups is 1. The highest BCUT2D eigenvalue weighted by molar-refractivity contribution is 5.95. The molecule has 3 aromatic carbocycles. The van der Waals surface area contributed by atoms with Gasteiger partial charge in [-0.05, 0) is 54.4 Å². The van der Waals surface area contributed by atoms with Crippen LogP contribution in [0.25, 0.3) is 0 Å². The van der Waals surface area contributed by atoms with Crippen molar-refractivity contribution in [1.82, 2.24) is 5.32 Å². The van der Waals surface area contributed by atoms with Gasteiger partial charge in [-0.15, -0.1) is 0 Å². The molecule has 35 heavy (non-hydrogen) atoms. The second-order valence-electron chi connectivity index (χ2n) is 7.82. The average molecular weight is 477 g/mol. The molecule has 0 bridgehead atoms. The first-order chi connectivity index (χ1) is 16.8. The fraction of sp³-hybridized carbons (Fsp3) is 0.192. The predicted octanol–water partition coefficient (Wildman–Crippen LogP) is 3.30. The number of nitrogen functional groups attached to an aromatic ring is 1. The number of carboxylic acid groups (broad SMARTS) is 1. The number of methoxy groups -OCH3 is 1. The van der Waals surface area contributed by atoms with Crippen LogP contribution in [0.3, 0.4) is 0 Å². The molecular formula is C26H28N4O5. The smallest absolute Gasteiger partial charge is 0.325 e. The van der Waals surface area contributed by atoms with E-state index in [2.05, 4.69) is 10.6 Å². The molecule has 1 amide bonds. The molecule has 0 saturated heterocycles. The Bertz CT molecular complexity index is 1180. The van der Waals surface area contributed by atoms with E-state index >= 15 is 0 Å². The number of ether oxygens (including phenoxy) is 2. The quantitative estimate of drug-likeness (QED) is 0.211. The molecule has 3 aromatic rings. The van der Waals surface area contributed by atoms with Gasteiger partial charge in [0.05, 0.1) is 7.11 Å². The lowest BCUT2D eigenvalue weighted by molar-refractivity contribution is -0.141. The van der Waals surface area contributed by atoms with Crippen LogP contribution >= 0.6 is 0 Å². The van der Waals surface area contributed by atoms with Crippen molar-refractivity contribution in [3.63, 3.8) is 0 Å². The topological polar surface area (TPSA) is 147 Å². The Balaban J connectivity index is 1.88. The molecular weight excluding hydrogens is 448 g/mol. The maximum atomic E-state index is 13.1. The van der Waals surface area contributed by atoms with E-state index in [-0.39, 0.29) is 5.84 Å². The summed E-state index contributed by atoms with van der Waals surface area (Å²) in [5, 5.41) is 22.4. The molecule has 6 N–H and O–H groups in total. The van der Waals surface area contributed by atoms with Crippen molar-refractivity contribution in [2.75, 3.05) is 12.4 Å². The first-order valence-corrected chi connectivity index (χ1v) is 10.9. The van der Waals surface area contributed by atoms with Crippen molar-refractivity contribution in [1.29, 1.82) is 5.41 Å². The molecule has 0 unspecified atom stereocenters. The van der Waals surface area contributed by atoms with E-state index in [0.29, 0.717) is 34.9 Å². The second kappa shape index (κ2) is 11.6. The largest absolute Gasteiger partial charge is 0.493 e. The summed E-state index contributed by atoms with van der Waals surface area (Å²) < 4.78 is 11.4. The van der Waals surface area contributed by atoms with Gasteiger partial charge in [0.15, 0.2) is 11.5 Å². The van der Waals surface area contributed by atoms with Crippen molar-refractivity contribution < 1.29 is 24.2 Å². The van der Waals surface area contributed by atoms with E-state index in [1.54, 1.807) is 42.5 Å². The van der Waals surface area contributed by atoms with E-state index in [0.717, 1.165) is 5.56 Å². The number of carboxylic acids is 1. The number of nitrogens with one attached hydrogen (secondary N) is 3. The fourth-order valence-electron chi connectivity index (χ4n) is 3.29. The molecule has 2 atom stereocenters. The van der Waals surface area contributed by atoms with E-state index in [1.807, 2.05) is 30.3 Å². The molecule has 3 rings (SSSR count). The molecule has 0 heterocycles. The number of anilines is 1. The highest BCUT2D eigenvalue weighted by Crippen LogP contribution is 2.32. The molecule has 0 aliphatic rings. The lowest BCUT2D eigenvalue weighted by atomic mass is 10.0. The van der Waals surface area contributed by atoms with E-state index in [1.165, 1.54) is 14.0 Å². The molecule has 0 radical (unpaired) electrons. The van der Waals surface area contributed by atoms with Crippen molar-refractivity contribution in [3.8, 4) is 11.5 Å². The number of hydrogen-bond acceptors (Lipinski definition) is 6. The summed E-state index contributed by atoms with van der Waals surface area (Å²) in [6.07, 6.45) is 0. The predicted molar refractivity (Wildman–Crippen MR) is 133 cm³/mol. The standard InChI is InChI=1S/C26H28N4O5/c1-16(26(32)33)29-25(31)23(30-20-11-8-18(9-12-20)24(27)28)19-10-13-21(22(14-19)34-2)35-15-17-6-4-3-5-7-17/h3-14,16,23,30H,15H2,1-2H3,(H3,27,28)(H,29,31)(H,32,33)/t16-,23-/m0/s1. The molecule has 0 aliphatic heterocycles. The fourth-order valence-corrected chi connectivity index (χ4v) is 3.29. The first kappa shape index (κ1) is 25.1. The Labute approximate surface area is 203 Å². The minimum Gasteiger partial charge on any atom is -0.493 e.